The summed E-state index contributed by atoms with van der Waals surface area (Å²) in [5, 5.41) is 29.0. The average Bonchev–Trinajstić information content (AvgIpc) is 3.39. The van der Waals surface area contributed by atoms with E-state index in [1.807, 2.05) is 47.3 Å². The van der Waals surface area contributed by atoms with E-state index < -0.39 is 6.04 Å². The summed E-state index contributed by atoms with van der Waals surface area (Å²) in [4.78, 5) is 17.6. The molecule has 8 rings (SSSR count). The molecule has 3 aliphatic rings. The van der Waals surface area contributed by atoms with Gasteiger partial charge in [-0.1, -0.05) is 49.7 Å². The van der Waals surface area contributed by atoms with Crippen LogP contribution < -0.4 is 16.2 Å². The van der Waals surface area contributed by atoms with Crippen LogP contribution in [0.5, 0.6) is 0 Å². The number of hydrogen-bond donors (Lipinski definition) is 2. The first kappa shape index (κ1) is 29.9. The summed E-state index contributed by atoms with van der Waals surface area (Å²) in [6.07, 6.45) is 8.85. The molecule has 2 bridgehead atoms. The van der Waals surface area contributed by atoms with E-state index in [1.54, 1.807) is 24.0 Å². The third-order valence-electron chi connectivity index (χ3n) is 8.92. The van der Waals surface area contributed by atoms with Gasteiger partial charge in [0.05, 0.1) is 39.6 Å². The first-order valence-electron chi connectivity index (χ1n) is 14.6. The van der Waals surface area contributed by atoms with Crippen molar-refractivity contribution >= 4 is 57.1 Å². The molecule has 0 radical (unpaired) electrons. The number of aromatic nitrogens is 5. The first-order chi connectivity index (χ1) is 20.5. The minimum atomic E-state index is -0.427. The lowest BCUT2D eigenvalue weighted by Gasteiger charge is -2.61. The van der Waals surface area contributed by atoms with Crippen LogP contribution in [0, 0.1) is 22.7 Å². The van der Waals surface area contributed by atoms with E-state index >= 15 is 0 Å². The Kier molecular flexibility index (Phi) is 7.34. The molecule has 2 aromatic carbocycles. The molecule has 3 heterocycles. The number of benzene rings is 2. The molecule has 5 aromatic rings. The number of anilines is 2. The van der Waals surface area contributed by atoms with Crippen molar-refractivity contribution in [3.63, 3.8) is 0 Å². The van der Waals surface area contributed by atoms with Gasteiger partial charge in [0.2, 0.25) is 0 Å². The molecule has 0 saturated heterocycles. The number of nitriles is 1. The standard InChI is InChI=1S/C33H33ClN8O.ClH/c1-32(2,3)18-37-28-20(15-35)16-36-29-25(28)10-21(11-26(29)34)38-30(27-17-42(40-39-27)33-12-19(13-33)14-33)23-6-5-7-24-22(23)8-9-41(4)31(24)43;/h5-11,16-17,19,30,38H,12-14,18H2,1-4H3,(H,36,37);1H. The average molecular weight is 630 g/mol. The first-order valence-corrected chi connectivity index (χ1v) is 15.0. The van der Waals surface area contributed by atoms with E-state index in [0.717, 1.165) is 52.9 Å². The number of rotatable bonds is 7. The largest absolute Gasteiger partial charge is 0.383 e. The smallest absolute Gasteiger partial charge is 0.258 e. The summed E-state index contributed by atoms with van der Waals surface area (Å²) in [5.41, 5.74) is 4.19. The Hall–Kier alpha value is -4.13. The molecular formula is C33H34Cl2N8O. The molecule has 1 atom stereocenters. The van der Waals surface area contributed by atoms with Gasteiger partial charge in [-0.2, -0.15) is 5.26 Å². The zero-order chi connectivity index (χ0) is 30.1. The topological polar surface area (TPSA) is 113 Å². The van der Waals surface area contributed by atoms with Crippen molar-refractivity contribution < 1.29 is 0 Å². The van der Waals surface area contributed by atoms with Crippen molar-refractivity contribution in [2.24, 2.45) is 18.4 Å². The second-order valence-electron chi connectivity index (χ2n) is 13.3. The van der Waals surface area contributed by atoms with Crippen molar-refractivity contribution in [2.75, 3.05) is 17.2 Å². The van der Waals surface area contributed by atoms with Gasteiger partial charge >= 0.3 is 0 Å². The van der Waals surface area contributed by atoms with Gasteiger partial charge in [0, 0.05) is 42.4 Å². The highest BCUT2D eigenvalue weighted by Crippen LogP contribution is 2.62. The van der Waals surface area contributed by atoms with E-state index in [-0.39, 0.29) is 28.9 Å². The van der Waals surface area contributed by atoms with Crippen molar-refractivity contribution in [3.8, 4) is 6.07 Å². The van der Waals surface area contributed by atoms with Crippen LogP contribution in [0.25, 0.3) is 21.7 Å². The van der Waals surface area contributed by atoms with E-state index in [4.69, 9.17) is 11.6 Å². The number of nitrogens with one attached hydrogen (secondary N) is 2. The van der Waals surface area contributed by atoms with E-state index in [1.165, 1.54) is 0 Å². The normalized spacial score (nSPS) is 19.4. The highest BCUT2D eigenvalue weighted by Gasteiger charge is 2.59. The molecule has 3 saturated carbocycles. The maximum atomic E-state index is 13.1. The molecule has 0 amide bonds. The number of aryl methyl sites for hydroxylation is 1. The number of fused-ring (bicyclic) bond motifs is 2. The van der Waals surface area contributed by atoms with Crippen LogP contribution in [-0.2, 0) is 12.6 Å². The van der Waals surface area contributed by atoms with Crippen molar-refractivity contribution in [1.82, 2.24) is 24.5 Å². The fraction of sp³-hybridized carbons (Fsp3) is 0.364. The Bertz CT molecular complexity index is 2000. The summed E-state index contributed by atoms with van der Waals surface area (Å²) in [7, 11) is 1.76. The Morgan fingerprint density at radius 2 is 1.93 bits per heavy atom. The Labute approximate surface area is 266 Å². The van der Waals surface area contributed by atoms with Gasteiger partial charge in [-0.05, 0) is 65.8 Å². The Morgan fingerprint density at radius 3 is 2.61 bits per heavy atom. The predicted molar refractivity (Wildman–Crippen MR) is 177 cm³/mol. The molecule has 3 aliphatic carbocycles. The zero-order valence-electron chi connectivity index (χ0n) is 25.1. The van der Waals surface area contributed by atoms with Crippen molar-refractivity contribution in [3.05, 3.63) is 87.2 Å². The molecule has 3 aromatic heterocycles. The predicted octanol–water partition coefficient (Wildman–Crippen LogP) is 6.79. The molecule has 2 N–H and O–H groups in total. The van der Waals surface area contributed by atoms with Crippen molar-refractivity contribution in [2.45, 2.75) is 51.6 Å². The summed E-state index contributed by atoms with van der Waals surface area (Å²) in [6.45, 7) is 7.07. The van der Waals surface area contributed by atoms with Gasteiger partial charge in [0.15, 0.2) is 0 Å². The fourth-order valence-electron chi connectivity index (χ4n) is 6.45. The minimum Gasteiger partial charge on any atom is -0.383 e. The number of hydrogen-bond acceptors (Lipinski definition) is 7. The maximum absolute atomic E-state index is 13.1. The summed E-state index contributed by atoms with van der Waals surface area (Å²) < 4.78 is 3.62. The lowest BCUT2D eigenvalue weighted by atomic mass is 9.50. The third kappa shape index (κ3) is 4.96. The van der Waals surface area contributed by atoms with E-state index in [9.17, 15) is 10.1 Å². The molecule has 1 unspecified atom stereocenters. The molecule has 226 valence electrons. The molecule has 0 spiro atoms. The lowest BCUT2D eigenvalue weighted by molar-refractivity contribution is -0.0989. The Balaban J connectivity index is 0.00000343. The van der Waals surface area contributed by atoms with Crippen LogP contribution in [-0.4, -0.2) is 31.1 Å². The second-order valence-corrected chi connectivity index (χ2v) is 13.7. The van der Waals surface area contributed by atoms with Crippen LogP contribution in [0.15, 0.2) is 59.8 Å². The number of halogens is 2. The summed E-state index contributed by atoms with van der Waals surface area (Å²) in [5.74, 6) is 0.809. The SMILES string of the molecule is Cl.Cn1ccc2c(C(Nc3cc(Cl)c4ncc(C#N)c(NCC(C)(C)C)c4c3)c3cn(C45CC(C4)C5)nn3)cccc2c1=O. The van der Waals surface area contributed by atoms with E-state index in [2.05, 4.69) is 52.8 Å². The highest BCUT2D eigenvalue weighted by atomic mass is 35.5. The summed E-state index contributed by atoms with van der Waals surface area (Å²) >= 11 is 6.83. The zero-order valence-corrected chi connectivity index (χ0v) is 26.6. The van der Waals surface area contributed by atoms with Crippen LogP contribution >= 0.6 is 24.0 Å². The van der Waals surface area contributed by atoms with Gasteiger partial charge in [-0.15, -0.1) is 17.5 Å². The Morgan fingerprint density at radius 1 is 1.16 bits per heavy atom. The van der Waals surface area contributed by atoms with Crippen LogP contribution in [0.3, 0.4) is 0 Å². The molecule has 3 fully saturated rings. The van der Waals surface area contributed by atoms with Gasteiger partial charge in [-0.3, -0.25) is 9.78 Å². The van der Waals surface area contributed by atoms with Gasteiger partial charge in [0.25, 0.3) is 5.56 Å². The quantitative estimate of drug-likeness (QED) is 0.204. The second kappa shape index (κ2) is 10.8. The van der Waals surface area contributed by atoms with Crippen molar-refractivity contribution in [1.29, 1.82) is 5.26 Å². The molecular weight excluding hydrogens is 595 g/mol. The monoisotopic (exact) mass is 628 g/mol. The number of pyridine rings is 2. The van der Waals surface area contributed by atoms with Gasteiger partial charge < -0.3 is 15.2 Å². The molecule has 9 nitrogen and oxygen atoms in total. The molecule has 44 heavy (non-hydrogen) atoms. The lowest BCUT2D eigenvalue weighted by Crippen LogP contribution is -2.59. The fourth-order valence-corrected chi connectivity index (χ4v) is 6.72. The summed E-state index contributed by atoms with van der Waals surface area (Å²) in [6, 6.07) is 13.4. The molecule has 11 heteroatoms. The van der Waals surface area contributed by atoms with Gasteiger partial charge in [0.1, 0.15) is 11.8 Å². The molecule has 0 aliphatic heterocycles. The van der Waals surface area contributed by atoms with E-state index in [0.29, 0.717) is 33.7 Å². The van der Waals surface area contributed by atoms with Crippen LogP contribution in [0.1, 0.15) is 62.9 Å². The van der Waals surface area contributed by atoms with Crippen LogP contribution in [0.2, 0.25) is 5.02 Å². The van der Waals surface area contributed by atoms with Gasteiger partial charge in [-0.25, -0.2) is 4.68 Å². The van der Waals surface area contributed by atoms with Crippen LogP contribution in [0.4, 0.5) is 11.4 Å². The highest BCUT2D eigenvalue weighted by molar-refractivity contribution is 6.35. The number of nitrogens with zero attached hydrogens (tertiary/aromatic N) is 6. The third-order valence-corrected chi connectivity index (χ3v) is 9.21. The maximum Gasteiger partial charge on any atom is 0.258 e. The minimum absolute atomic E-state index is 0.